The van der Waals surface area contributed by atoms with E-state index in [0.717, 1.165) is 55.7 Å². The van der Waals surface area contributed by atoms with Gasteiger partial charge in [-0.15, -0.1) is 0 Å². The molecule has 1 saturated heterocycles. The minimum Gasteiger partial charge on any atom is -0.371 e. The molecule has 0 spiro atoms. The van der Waals surface area contributed by atoms with Gasteiger partial charge in [0.1, 0.15) is 0 Å². The van der Waals surface area contributed by atoms with Gasteiger partial charge in [0.25, 0.3) is 11.8 Å². The fourth-order valence-corrected chi connectivity index (χ4v) is 3.95. The lowest BCUT2D eigenvalue weighted by molar-refractivity contribution is 0.0929. The van der Waals surface area contributed by atoms with Crippen molar-refractivity contribution in [1.82, 2.24) is 15.5 Å². The molecule has 1 heterocycles. The van der Waals surface area contributed by atoms with Crippen LogP contribution in [0.3, 0.4) is 0 Å². The first-order valence-electron chi connectivity index (χ1n) is 11.1. The van der Waals surface area contributed by atoms with E-state index in [1.54, 1.807) is 0 Å². The number of nitrogens with one attached hydrogen (secondary N) is 2. The number of rotatable bonds is 8. The van der Waals surface area contributed by atoms with Crippen molar-refractivity contribution >= 4 is 17.5 Å². The third-order valence-electron chi connectivity index (χ3n) is 5.67. The smallest absolute Gasteiger partial charge is 0.253 e. The van der Waals surface area contributed by atoms with E-state index in [9.17, 15) is 9.59 Å². The van der Waals surface area contributed by atoms with Crippen LogP contribution in [0.15, 0.2) is 48.5 Å². The summed E-state index contributed by atoms with van der Waals surface area (Å²) in [5.41, 5.74) is 3.48. The molecular formula is C25H34N4O2. The molecule has 1 aliphatic rings. The molecule has 0 unspecified atom stereocenters. The summed E-state index contributed by atoms with van der Waals surface area (Å²) in [5, 5.41) is 6.21. The lowest BCUT2D eigenvalue weighted by atomic mass is 10.0. The normalized spacial score (nSPS) is 14.5. The highest BCUT2D eigenvalue weighted by molar-refractivity contribution is 5.99. The summed E-state index contributed by atoms with van der Waals surface area (Å²) in [6.45, 7) is 5.22. The number of aryl methyl sites for hydroxylation is 1. The number of amides is 2. The van der Waals surface area contributed by atoms with E-state index in [-0.39, 0.29) is 17.9 Å². The summed E-state index contributed by atoms with van der Waals surface area (Å²) >= 11 is 0. The molecule has 2 N–H and O–H groups in total. The van der Waals surface area contributed by atoms with Crippen LogP contribution in [0.4, 0.5) is 5.69 Å². The van der Waals surface area contributed by atoms with E-state index in [0.29, 0.717) is 12.1 Å². The molecule has 31 heavy (non-hydrogen) atoms. The van der Waals surface area contributed by atoms with E-state index in [4.69, 9.17) is 0 Å². The van der Waals surface area contributed by atoms with Crippen LogP contribution in [0.2, 0.25) is 0 Å². The number of carbonyl (C=O) groups is 2. The molecule has 0 aromatic heterocycles. The van der Waals surface area contributed by atoms with Crippen molar-refractivity contribution in [3.63, 3.8) is 0 Å². The Morgan fingerprint density at radius 3 is 2.48 bits per heavy atom. The molecule has 0 saturated carbocycles. The molecule has 2 aromatic carbocycles. The largest absolute Gasteiger partial charge is 0.371 e. The maximum absolute atomic E-state index is 12.7. The monoisotopic (exact) mass is 422 g/mol. The summed E-state index contributed by atoms with van der Waals surface area (Å²) in [6.07, 6.45) is 2.64. The molecule has 3 rings (SSSR count). The average molecular weight is 423 g/mol. The third-order valence-corrected chi connectivity index (χ3v) is 5.67. The van der Waals surface area contributed by atoms with Gasteiger partial charge in [0.2, 0.25) is 0 Å². The number of anilines is 1. The summed E-state index contributed by atoms with van der Waals surface area (Å²) in [5.74, 6) is -0.0381. The van der Waals surface area contributed by atoms with Crippen LogP contribution in [0.5, 0.6) is 0 Å². The number of carbonyl (C=O) groups excluding carboxylic acids is 2. The fraction of sp³-hybridized carbons (Fsp3) is 0.440. The van der Waals surface area contributed by atoms with Crippen LogP contribution in [0.1, 0.15) is 45.5 Å². The van der Waals surface area contributed by atoms with Crippen LogP contribution in [0, 0.1) is 6.92 Å². The Morgan fingerprint density at radius 1 is 1.03 bits per heavy atom. The minimum absolute atomic E-state index is 0.0142. The second kappa shape index (κ2) is 11.0. The number of piperidine rings is 1. The maximum Gasteiger partial charge on any atom is 0.253 e. The number of benzene rings is 2. The van der Waals surface area contributed by atoms with Crippen LogP contribution in [-0.4, -0.2) is 63.0 Å². The Hall–Kier alpha value is -2.86. The van der Waals surface area contributed by atoms with Crippen molar-refractivity contribution < 1.29 is 9.59 Å². The summed E-state index contributed by atoms with van der Waals surface area (Å²) in [6, 6.07) is 15.6. The first-order chi connectivity index (χ1) is 14.9. The molecule has 0 aliphatic carbocycles. The van der Waals surface area contributed by atoms with E-state index in [1.165, 1.54) is 0 Å². The Balaban J connectivity index is 1.55. The molecule has 166 valence electrons. The first kappa shape index (κ1) is 22.8. The second-order valence-corrected chi connectivity index (χ2v) is 8.53. The highest BCUT2D eigenvalue weighted by Gasteiger charge is 2.24. The molecule has 1 aliphatic heterocycles. The van der Waals surface area contributed by atoms with Gasteiger partial charge in [0.05, 0.1) is 5.56 Å². The molecule has 6 heteroatoms. The van der Waals surface area contributed by atoms with Crippen LogP contribution in [-0.2, 0) is 0 Å². The zero-order valence-corrected chi connectivity index (χ0v) is 18.9. The topological polar surface area (TPSA) is 64.7 Å². The van der Waals surface area contributed by atoms with Gasteiger partial charge < -0.3 is 20.4 Å². The van der Waals surface area contributed by atoms with Gasteiger partial charge in [-0.2, -0.15) is 0 Å². The Labute approximate surface area is 185 Å². The first-order valence-corrected chi connectivity index (χ1v) is 11.1. The number of para-hydroxylation sites is 1. The van der Waals surface area contributed by atoms with Crippen molar-refractivity contribution in [2.75, 3.05) is 45.2 Å². The van der Waals surface area contributed by atoms with Gasteiger partial charge >= 0.3 is 0 Å². The van der Waals surface area contributed by atoms with Gasteiger partial charge in [-0.25, -0.2) is 0 Å². The molecule has 6 nitrogen and oxygen atoms in total. The Kier molecular flexibility index (Phi) is 8.06. The van der Waals surface area contributed by atoms with Crippen molar-refractivity contribution in [1.29, 1.82) is 0 Å². The van der Waals surface area contributed by atoms with Gasteiger partial charge in [-0.05, 0) is 71.1 Å². The minimum atomic E-state index is -0.0239. The fourth-order valence-electron chi connectivity index (χ4n) is 3.95. The van der Waals surface area contributed by atoms with Gasteiger partial charge in [-0.3, -0.25) is 9.59 Å². The van der Waals surface area contributed by atoms with E-state index >= 15 is 0 Å². The average Bonchev–Trinajstić information content (AvgIpc) is 2.77. The quantitative estimate of drug-likeness (QED) is 0.642. The van der Waals surface area contributed by atoms with Crippen LogP contribution in [0.25, 0.3) is 0 Å². The van der Waals surface area contributed by atoms with Crippen LogP contribution >= 0.6 is 0 Å². The van der Waals surface area contributed by atoms with Crippen molar-refractivity contribution in [3.8, 4) is 0 Å². The number of hydrogen-bond acceptors (Lipinski definition) is 4. The highest BCUT2D eigenvalue weighted by Crippen LogP contribution is 2.24. The summed E-state index contributed by atoms with van der Waals surface area (Å²) in [4.78, 5) is 29.7. The zero-order valence-electron chi connectivity index (χ0n) is 18.9. The third kappa shape index (κ3) is 6.56. The standard InChI is InChI=1S/C25H34N4O2/c1-19-8-6-9-20(18-19)24(30)27-21-12-16-29(17-13-21)23-11-5-4-10-22(23)25(31)26-14-7-15-28(2)3/h4-6,8-11,18,21H,7,12-17H2,1-3H3,(H,26,31)(H,27,30). The summed E-state index contributed by atoms with van der Waals surface area (Å²) < 4.78 is 0. The molecule has 0 atom stereocenters. The lowest BCUT2D eigenvalue weighted by Gasteiger charge is -2.35. The summed E-state index contributed by atoms with van der Waals surface area (Å²) in [7, 11) is 4.06. The van der Waals surface area contributed by atoms with Crippen molar-refractivity contribution in [3.05, 3.63) is 65.2 Å². The molecule has 2 aromatic rings. The highest BCUT2D eigenvalue weighted by atomic mass is 16.2. The van der Waals surface area contributed by atoms with E-state index in [2.05, 4.69) is 20.4 Å². The van der Waals surface area contributed by atoms with Crippen molar-refractivity contribution in [2.24, 2.45) is 0 Å². The predicted molar refractivity (Wildman–Crippen MR) is 126 cm³/mol. The molecule has 1 fully saturated rings. The zero-order chi connectivity index (χ0) is 22.2. The predicted octanol–water partition coefficient (Wildman–Crippen LogP) is 3.08. The van der Waals surface area contributed by atoms with Gasteiger partial charge in [0, 0.05) is 36.9 Å². The van der Waals surface area contributed by atoms with E-state index < -0.39 is 0 Å². The van der Waals surface area contributed by atoms with Crippen LogP contribution < -0.4 is 15.5 Å². The molecular weight excluding hydrogens is 388 g/mol. The van der Waals surface area contributed by atoms with Gasteiger partial charge in [0.15, 0.2) is 0 Å². The Bertz CT molecular complexity index is 889. The SMILES string of the molecule is Cc1cccc(C(=O)NC2CCN(c3ccccc3C(=O)NCCCN(C)C)CC2)c1. The van der Waals surface area contributed by atoms with E-state index in [1.807, 2.05) is 69.6 Å². The Morgan fingerprint density at radius 2 is 1.77 bits per heavy atom. The van der Waals surface area contributed by atoms with Gasteiger partial charge in [-0.1, -0.05) is 29.8 Å². The number of hydrogen-bond donors (Lipinski definition) is 2. The lowest BCUT2D eigenvalue weighted by Crippen LogP contribution is -2.45. The molecule has 0 bridgehead atoms. The molecule has 2 amide bonds. The van der Waals surface area contributed by atoms with Crippen molar-refractivity contribution in [2.45, 2.75) is 32.2 Å². The molecule has 0 radical (unpaired) electrons. The maximum atomic E-state index is 12.7. The second-order valence-electron chi connectivity index (χ2n) is 8.53. The number of nitrogens with zero attached hydrogens (tertiary/aromatic N) is 2.